The van der Waals surface area contributed by atoms with Gasteiger partial charge in [0.25, 0.3) is 6.02 Å². The molecule has 2 aromatic rings. The van der Waals surface area contributed by atoms with E-state index in [4.69, 9.17) is 15.2 Å². The van der Waals surface area contributed by atoms with Gasteiger partial charge in [0.2, 0.25) is 16.0 Å². The van der Waals surface area contributed by atoms with Crippen molar-refractivity contribution in [1.29, 1.82) is 0 Å². The van der Waals surface area contributed by atoms with Gasteiger partial charge in [-0.2, -0.15) is 4.39 Å². The third-order valence-electron chi connectivity index (χ3n) is 6.62. The van der Waals surface area contributed by atoms with Gasteiger partial charge in [0.1, 0.15) is 18.5 Å². The van der Waals surface area contributed by atoms with Crippen LogP contribution in [0.4, 0.5) is 4.39 Å². The fourth-order valence-electron chi connectivity index (χ4n) is 5.15. The van der Waals surface area contributed by atoms with Crippen molar-refractivity contribution in [1.82, 2.24) is 9.29 Å². The molecule has 1 aromatic carbocycles. The quantitative estimate of drug-likeness (QED) is 0.683. The van der Waals surface area contributed by atoms with Crippen molar-refractivity contribution in [3.63, 3.8) is 0 Å². The van der Waals surface area contributed by atoms with Crippen LogP contribution in [0, 0.1) is 17.3 Å². The van der Waals surface area contributed by atoms with E-state index < -0.39 is 27.4 Å². The van der Waals surface area contributed by atoms with Crippen molar-refractivity contribution in [3.05, 3.63) is 48.0 Å². The van der Waals surface area contributed by atoms with Gasteiger partial charge in [0, 0.05) is 30.4 Å². The molecule has 176 valence electrons. The summed E-state index contributed by atoms with van der Waals surface area (Å²) in [4.78, 5) is 8.36. The summed E-state index contributed by atoms with van der Waals surface area (Å²) in [6.07, 6.45) is 1.64. The Balaban J connectivity index is 1.59. The number of nitrogens with two attached hydrogens (primary N) is 1. The summed E-state index contributed by atoms with van der Waals surface area (Å²) in [7, 11) is -3.45. The van der Waals surface area contributed by atoms with Crippen LogP contribution >= 0.6 is 0 Å². The zero-order chi connectivity index (χ0) is 23.4. The van der Waals surface area contributed by atoms with Crippen molar-refractivity contribution in [2.75, 3.05) is 25.4 Å². The van der Waals surface area contributed by atoms with E-state index in [9.17, 15) is 12.8 Å². The minimum absolute atomic E-state index is 0.0116. The number of rotatable bonds is 4. The number of nitrogens with zero attached hydrogens (tertiary/aromatic N) is 3. The van der Waals surface area contributed by atoms with Gasteiger partial charge in [-0.05, 0) is 42.2 Å². The molecule has 0 radical (unpaired) electrons. The Morgan fingerprint density at radius 1 is 1.33 bits per heavy atom. The maximum Gasteiger partial charge on any atom is 0.282 e. The maximum absolute atomic E-state index is 14.4. The lowest BCUT2D eigenvalue weighted by Gasteiger charge is -2.53. The molecule has 10 heteroatoms. The molecule has 1 saturated heterocycles. The normalized spacial score (nSPS) is 27.0. The molecular weight excluding hydrogens is 447 g/mol. The molecule has 4 heterocycles. The SMILES string of the molecule is CC(C)CS(=O)(=O)N1CCC2Oc3ccc(-c4cccnc4F)cc3[C@H]3N=C(N)OCC23C1. The Morgan fingerprint density at radius 3 is 2.91 bits per heavy atom. The van der Waals surface area contributed by atoms with Gasteiger partial charge < -0.3 is 15.2 Å². The second-order valence-corrected chi connectivity index (χ2v) is 11.4. The number of pyridine rings is 1. The molecule has 0 bridgehead atoms. The Kier molecular flexibility index (Phi) is 5.32. The number of halogens is 1. The lowest BCUT2D eigenvalue weighted by Crippen LogP contribution is -2.63. The number of benzene rings is 1. The van der Waals surface area contributed by atoms with Gasteiger partial charge in [-0.1, -0.05) is 19.9 Å². The molecule has 0 amide bonds. The highest BCUT2D eigenvalue weighted by Crippen LogP contribution is 2.54. The molecule has 2 unspecified atom stereocenters. The number of amidine groups is 1. The van der Waals surface area contributed by atoms with Crippen molar-refractivity contribution in [2.24, 2.45) is 22.1 Å². The van der Waals surface area contributed by atoms with Crippen molar-refractivity contribution in [3.8, 4) is 16.9 Å². The molecule has 1 fully saturated rings. The van der Waals surface area contributed by atoms with Gasteiger partial charge in [-0.15, -0.1) is 0 Å². The summed E-state index contributed by atoms with van der Waals surface area (Å²) in [5.41, 5.74) is 6.97. The first-order valence-electron chi connectivity index (χ1n) is 11.0. The fourth-order valence-corrected chi connectivity index (χ4v) is 7.02. The minimum atomic E-state index is -3.45. The highest BCUT2D eigenvalue weighted by Gasteiger charge is 2.58. The van der Waals surface area contributed by atoms with Gasteiger partial charge in [0.15, 0.2) is 0 Å². The maximum atomic E-state index is 14.4. The number of ether oxygens (including phenoxy) is 2. The topological polar surface area (TPSA) is 107 Å². The van der Waals surface area contributed by atoms with Crippen LogP contribution in [0.25, 0.3) is 11.1 Å². The van der Waals surface area contributed by atoms with E-state index in [1.54, 1.807) is 18.2 Å². The van der Waals surface area contributed by atoms with E-state index >= 15 is 0 Å². The summed E-state index contributed by atoms with van der Waals surface area (Å²) >= 11 is 0. The van der Waals surface area contributed by atoms with E-state index in [1.807, 2.05) is 26.0 Å². The van der Waals surface area contributed by atoms with Crippen LogP contribution in [0.1, 0.15) is 31.9 Å². The monoisotopic (exact) mass is 474 g/mol. The van der Waals surface area contributed by atoms with Crippen LogP contribution < -0.4 is 10.5 Å². The van der Waals surface area contributed by atoms with Crippen LogP contribution in [0.3, 0.4) is 0 Å². The summed E-state index contributed by atoms with van der Waals surface area (Å²) in [6.45, 7) is 4.56. The first-order valence-corrected chi connectivity index (χ1v) is 12.7. The molecule has 2 N–H and O–H groups in total. The van der Waals surface area contributed by atoms with Crippen molar-refractivity contribution < 1.29 is 22.3 Å². The number of hydrogen-bond donors (Lipinski definition) is 1. The van der Waals surface area contributed by atoms with Crippen molar-refractivity contribution in [2.45, 2.75) is 32.4 Å². The van der Waals surface area contributed by atoms with Crippen molar-refractivity contribution >= 4 is 16.0 Å². The smallest absolute Gasteiger partial charge is 0.282 e. The summed E-state index contributed by atoms with van der Waals surface area (Å²) in [6, 6.07) is 8.35. The lowest BCUT2D eigenvalue weighted by molar-refractivity contribution is -0.0795. The van der Waals surface area contributed by atoms with E-state index in [1.165, 1.54) is 10.5 Å². The summed E-state index contributed by atoms with van der Waals surface area (Å²) < 4.78 is 54.1. The molecule has 33 heavy (non-hydrogen) atoms. The molecule has 1 spiro atoms. The zero-order valence-corrected chi connectivity index (χ0v) is 19.4. The van der Waals surface area contributed by atoms with E-state index in [0.717, 1.165) is 5.56 Å². The predicted molar refractivity (Wildman–Crippen MR) is 122 cm³/mol. The van der Waals surface area contributed by atoms with Crippen LogP contribution in [0.15, 0.2) is 41.5 Å². The van der Waals surface area contributed by atoms with E-state index in [-0.39, 0.29) is 36.9 Å². The molecular formula is C23H27FN4O4S. The molecule has 3 aliphatic rings. The number of aliphatic imine (C=N–C) groups is 1. The van der Waals surface area contributed by atoms with Crippen LogP contribution in [0.2, 0.25) is 0 Å². The lowest BCUT2D eigenvalue weighted by atomic mass is 9.68. The number of piperidine rings is 1. The first-order chi connectivity index (χ1) is 15.7. The molecule has 0 saturated carbocycles. The third kappa shape index (κ3) is 3.74. The molecule has 1 aromatic heterocycles. The average Bonchev–Trinajstić information content (AvgIpc) is 2.77. The standard InChI is InChI=1S/C23H27FN4O4S/c1-14(2)11-33(29,30)28-9-7-19-23(12-28)13-31-22(25)27-20(23)17-10-15(5-6-18(17)32-19)16-4-3-8-26-21(16)24/h3-6,8,10,14,19-20H,7,9,11-13H2,1-2H3,(H2,25,27)/t19?,20-,23?/m1/s1. The number of sulfonamides is 1. The van der Waals surface area contributed by atoms with Gasteiger partial charge >= 0.3 is 0 Å². The van der Waals surface area contributed by atoms with Crippen LogP contribution in [-0.4, -0.2) is 55.3 Å². The predicted octanol–water partition coefficient (Wildman–Crippen LogP) is 2.71. The van der Waals surface area contributed by atoms with E-state index in [0.29, 0.717) is 29.8 Å². The first kappa shape index (κ1) is 22.1. The second-order valence-electron chi connectivity index (χ2n) is 9.39. The molecule has 3 aliphatic heterocycles. The fraction of sp³-hybridized carbons (Fsp3) is 0.478. The Bertz CT molecular complexity index is 1220. The number of aromatic nitrogens is 1. The minimum Gasteiger partial charge on any atom is -0.489 e. The highest BCUT2D eigenvalue weighted by molar-refractivity contribution is 7.89. The zero-order valence-electron chi connectivity index (χ0n) is 18.6. The number of hydrogen-bond acceptors (Lipinski definition) is 7. The highest BCUT2D eigenvalue weighted by atomic mass is 32.2. The molecule has 8 nitrogen and oxygen atoms in total. The van der Waals surface area contributed by atoms with Gasteiger partial charge in [-0.3, -0.25) is 0 Å². The molecule has 3 atom stereocenters. The molecule has 5 rings (SSSR count). The second kappa shape index (κ2) is 7.95. The summed E-state index contributed by atoms with van der Waals surface area (Å²) in [5, 5.41) is 0. The number of fused-ring (bicyclic) bond motifs is 2. The molecule has 0 aliphatic carbocycles. The Hall–Kier alpha value is -2.72. The van der Waals surface area contributed by atoms with Gasteiger partial charge in [-0.25, -0.2) is 22.7 Å². The van der Waals surface area contributed by atoms with Gasteiger partial charge in [0.05, 0.1) is 17.2 Å². The van der Waals surface area contributed by atoms with Crippen LogP contribution in [-0.2, 0) is 14.8 Å². The van der Waals surface area contributed by atoms with Crippen LogP contribution in [0.5, 0.6) is 5.75 Å². The Morgan fingerprint density at radius 2 is 2.15 bits per heavy atom. The van der Waals surface area contributed by atoms with E-state index in [2.05, 4.69) is 9.98 Å². The third-order valence-corrected chi connectivity index (χ3v) is 8.81. The summed E-state index contributed by atoms with van der Waals surface area (Å²) in [5.74, 6) is 0.163. The average molecular weight is 475 g/mol. The largest absolute Gasteiger partial charge is 0.489 e. The Labute approximate surface area is 192 Å².